The van der Waals surface area contributed by atoms with Crippen molar-refractivity contribution in [1.82, 2.24) is 15.1 Å². The molecule has 6 nitrogen and oxygen atoms in total. The molecule has 1 aromatic rings. The molecule has 6 heteroatoms. The predicted molar refractivity (Wildman–Crippen MR) is 64.2 cm³/mol. The van der Waals surface area contributed by atoms with E-state index in [-0.39, 0.29) is 12.5 Å². The Labute approximate surface area is 105 Å². The normalized spacial score (nSPS) is 16.3. The summed E-state index contributed by atoms with van der Waals surface area (Å²) in [5.41, 5.74) is 0.529. The highest BCUT2D eigenvalue weighted by molar-refractivity contribution is 5.95. The summed E-state index contributed by atoms with van der Waals surface area (Å²) in [6, 6.07) is 0. The number of aryl methyl sites for hydroxylation is 2. The largest absolute Gasteiger partial charge is 0.481 e. The van der Waals surface area contributed by atoms with Gasteiger partial charge in [-0.05, 0) is 19.3 Å². The van der Waals surface area contributed by atoms with Crippen molar-refractivity contribution in [2.75, 3.05) is 6.54 Å². The number of carboxylic acid groups (broad SMARTS) is 1. The summed E-state index contributed by atoms with van der Waals surface area (Å²) in [4.78, 5) is 23.0. The molecule has 1 aliphatic rings. The van der Waals surface area contributed by atoms with Gasteiger partial charge in [-0.2, -0.15) is 5.10 Å². The minimum absolute atomic E-state index is 0.194. The highest BCUT2D eigenvalue weighted by Crippen LogP contribution is 2.45. The van der Waals surface area contributed by atoms with Crippen LogP contribution in [0.2, 0.25) is 0 Å². The van der Waals surface area contributed by atoms with Crippen molar-refractivity contribution in [3.8, 4) is 0 Å². The third kappa shape index (κ3) is 2.23. The van der Waals surface area contributed by atoms with Gasteiger partial charge in [-0.15, -0.1) is 0 Å². The third-order valence-electron chi connectivity index (χ3n) is 3.38. The minimum atomic E-state index is -0.829. The lowest BCUT2D eigenvalue weighted by molar-refractivity contribution is -0.143. The SMILES string of the molecule is CCc1nn(C)cc1C(=O)NCC1(C(=O)O)CC1. The molecule has 0 spiro atoms. The molecular formula is C12H17N3O3. The van der Waals surface area contributed by atoms with E-state index in [4.69, 9.17) is 5.11 Å². The number of hydrogen-bond acceptors (Lipinski definition) is 3. The number of carbonyl (C=O) groups is 2. The number of rotatable bonds is 5. The molecule has 0 bridgehead atoms. The molecule has 18 heavy (non-hydrogen) atoms. The van der Waals surface area contributed by atoms with Gasteiger partial charge in [-0.25, -0.2) is 0 Å². The van der Waals surface area contributed by atoms with Gasteiger partial charge in [0.15, 0.2) is 0 Å². The van der Waals surface area contributed by atoms with Gasteiger partial charge in [0.1, 0.15) is 0 Å². The molecule has 1 aromatic heterocycles. The van der Waals surface area contributed by atoms with Crippen LogP contribution in [0.1, 0.15) is 35.8 Å². The van der Waals surface area contributed by atoms with E-state index in [0.29, 0.717) is 24.8 Å². The van der Waals surface area contributed by atoms with Crippen LogP contribution in [0.15, 0.2) is 6.20 Å². The standard InChI is InChI=1S/C12H17N3O3/c1-3-9-8(6-15(2)14-9)10(16)13-7-12(4-5-12)11(17)18/h6H,3-5,7H2,1-2H3,(H,13,16)(H,17,18). The highest BCUT2D eigenvalue weighted by Gasteiger charge is 2.50. The first-order valence-corrected chi connectivity index (χ1v) is 6.02. The average molecular weight is 251 g/mol. The van der Waals surface area contributed by atoms with Crippen molar-refractivity contribution >= 4 is 11.9 Å². The molecule has 98 valence electrons. The number of nitrogens with one attached hydrogen (secondary N) is 1. The van der Waals surface area contributed by atoms with Crippen molar-refractivity contribution in [3.05, 3.63) is 17.5 Å². The summed E-state index contributed by atoms with van der Waals surface area (Å²) in [7, 11) is 1.76. The first-order valence-electron chi connectivity index (χ1n) is 6.02. The first kappa shape index (κ1) is 12.6. The number of amides is 1. The van der Waals surface area contributed by atoms with Crippen LogP contribution < -0.4 is 5.32 Å². The van der Waals surface area contributed by atoms with Crippen LogP contribution in [0.25, 0.3) is 0 Å². The predicted octanol–water partition coefficient (Wildman–Crippen LogP) is 0.577. The van der Waals surface area contributed by atoms with Gasteiger partial charge in [0.2, 0.25) is 0 Å². The van der Waals surface area contributed by atoms with Crippen molar-refractivity contribution in [1.29, 1.82) is 0 Å². The zero-order chi connectivity index (χ0) is 13.3. The maximum absolute atomic E-state index is 12.0. The molecule has 2 N–H and O–H groups in total. The second-order valence-electron chi connectivity index (χ2n) is 4.78. The second kappa shape index (κ2) is 4.44. The second-order valence-corrected chi connectivity index (χ2v) is 4.78. The Bertz CT molecular complexity index is 489. The molecule has 1 fully saturated rings. The molecule has 1 saturated carbocycles. The molecule has 1 aliphatic carbocycles. The lowest BCUT2D eigenvalue weighted by atomic mass is 10.1. The van der Waals surface area contributed by atoms with Gasteiger partial charge in [0.05, 0.1) is 16.7 Å². The summed E-state index contributed by atoms with van der Waals surface area (Å²) in [5, 5.41) is 15.9. The molecule has 2 rings (SSSR count). The molecule has 0 unspecified atom stereocenters. The molecule has 0 atom stereocenters. The van der Waals surface area contributed by atoms with E-state index in [1.165, 1.54) is 0 Å². The topological polar surface area (TPSA) is 84.2 Å². The molecule has 1 heterocycles. The Morgan fingerprint density at radius 3 is 2.72 bits per heavy atom. The van der Waals surface area contributed by atoms with E-state index in [2.05, 4.69) is 10.4 Å². The highest BCUT2D eigenvalue weighted by atomic mass is 16.4. The van der Waals surface area contributed by atoms with E-state index in [9.17, 15) is 9.59 Å². The quantitative estimate of drug-likeness (QED) is 0.801. The van der Waals surface area contributed by atoms with Gasteiger partial charge in [0, 0.05) is 19.8 Å². The lowest BCUT2D eigenvalue weighted by Crippen LogP contribution is -2.34. The van der Waals surface area contributed by atoms with E-state index in [1.807, 2.05) is 6.92 Å². The van der Waals surface area contributed by atoms with E-state index < -0.39 is 11.4 Å². The van der Waals surface area contributed by atoms with Crippen LogP contribution in [0, 0.1) is 5.41 Å². The Kier molecular flexibility index (Phi) is 3.11. The fourth-order valence-corrected chi connectivity index (χ4v) is 1.95. The Morgan fingerprint density at radius 2 is 2.22 bits per heavy atom. The Hall–Kier alpha value is -1.85. The minimum Gasteiger partial charge on any atom is -0.481 e. The fraction of sp³-hybridized carbons (Fsp3) is 0.583. The van der Waals surface area contributed by atoms with Gasteiger partial charge < -0.3 is 10.4 Å². The van der Waals surface area contributed by atoms with E-state index >= 15 is 0 Å². The maximum Gasteiger partial charge on any atom is 0.311 e. The maximum atomic E-state index is 12.0. The van der Waals surface area contributed by atoms with Gasteiger partial charge in [0.25, 0.3) is 5.91 Å². The molecule has 0 radical (unpaired) electrons. The van der Waals surface area contributed by atoms with Crippen molar-refractivity contribution in [2.24, 2.45) is 12.5 Å². The van der Waals surface area contributed by atoms with Crippen molar-refractivity contribution < 1.29 is 14.7 Å². The lowest BCUT2D eigenvalue weighted by Gasteiger charge is -2.10. The fourth-order valence-electron chi connectivity index (χ4n) is 1.95. The van der Waals surface area contributed by atoms with Crippen LogP contribution in [0.4, 0.5) is 0 Å². The van der Waals surface area contributed by atoms with Gasteiger partial charge in [-0.3, -0.25) is 14.3 Å². The number of carbonyl (C=O) groups excluding carboxylic acids is 1. The third-order valence-corrected chi connectivity index (χ3v) is 3.38. The van der Waals surface area contributed by atoms with Crippen LogP contribution in [-0.4, -0.2) is 33.3 Å². The number of aliphatic carboxylic acids is 1. The zero-order valence-corrected chi connectivity index (χ0v) is 10.6. The number of hydrogen-bond donors (Lipinski definition) is 2. The van der Waals surface area contributed by atoms with Crippen LogP contribution >= 0.6 is 0 Å². The molecule has 0 aromatic carbocycles. The summed E-state index contributed by atoms with van der Waals surface area (Å²) >= 11 is 0. The Morgan fingerprint density at radius 1 is 1.56 bits per heavy atom. The van der Waals surface area contributed by atoms with Crippen LogP contribution in [0.5, 0.6) is 0 Å². The monoisotopic (exact) mass is 251 g/mol. The molecular weight excluding hydrogens is 234 g/mol. The summed E-state index contributed by atoms with van der Waals surface area (Å²) in [6.07, 6.45) is 3.61. The van der Waals surface area contributed by atoms with Crippen LogP contribution in [0.3, 0.4) is 0 Å². The number of nitrogens with zero attached hydrogens (tertiary/aromatic N) is 2. The number of aromatic nitrogens is 2. The van der Waals surface area contributed by atoms with Crippen molar-refractivity contribution in [2.45, 2.75) is 26.2 Å². The smallest absolute Gasteiger partial charge is 0.311 e. The van der Waals surface area contributed by atoms with Gasteiger partial charge >= 0.3 is 5.97 Å². The Balaban J connectivity index is 2.02. The van der Waals surface area contributed by atoms with E-state index in [0.717, 1.165) is 5.69 Å². The summed E-state index contributed by atoms with van der Waals surface area (Å²) in [6.45, 7) is 2.12. The van der Waals surface area contributed by atoms with Crippen LogP contribution in [-0.2, 0) is 18.3 Å². The van der Waals surface area contributed by atoms with E-state index in [1.54, 1.807) is 17.9 Å². The molecule has 0 aliphatic heterocycles. The zero-order valence-electron chi connectivity index (χ0n) is 10.6. The molecule has 1 amide bonds. The molecule has 0 saturated heterocycles. The summed E-state index contributed by atoms with van der Waals surface area (Å²) in [5.74, 6) is -1.07. The van der Waals surface area contributed by atoms with Gasteiger partial charge in [-0.1, -0.05) is 6.92 Å². The average Bonchev–Trinajstić information content (AvgIpc) is 3.03. The van der Waals surface area contributed by atoms with Crippen molar-refractivity contribution in [3.63, 3.8) is 0 Å². The summed E-state index contributed by atoms with van der Waals surface area (Å²) < 4.78 is 1.60. The first-order chi connectivity index (χ1) is 8.48. The number of carboxylic acids is 1.